The van der Waals surface area contributed by atoms with E-state index in [1.54, 1.807) is 6.07 Å². The van der Waals surface area contributed by atoms with E-state index in [0.717, 1.165) is 24.4 Å². The number of benzene rings is 1. The van der Waals surface area contributed by atoms with E-state index in [4.69, 9.17) is 27.9 Å². The molecule has 1 aliphatic carbocycles. The molecule has 1 aromatic carbocycles. The number of hydrogen-bond donors (Lipinski definition) is 1. The van der Waals surface area contributed by atoms with Crippen molar-refractivity contribution in [1.29, 1.82) is 0 Å². The van der Waals surface area contributed by atoms with Crippen molar-refractivity contribution in [3.05, 3.63) is 27.7 Å². The Morgan fingerprint density at radius 1 is 1.16 bits per heavy atom. The predicted octanol–water partition coefficient (Wildman–Crippen LogP) is 4.07. The highest BCUT2D eigenvalue weighted by Gasteiger charge is 2.39. The van der Waals surface area contributed by atoms with Gasteiger partial charge in [0.2, 0.25) is 0 Å². The van der Waals surface area contributed by atoms with Gasteiger partial charge in [-0.2, -0.15) is 0 Å². The van der Waals surface area contributed by atoms with E-state index in [1.165, 1.54) is 19.3 Å². The Morgan fingerprint density at radius 3 is 2.58 bits per heavy atom. The van der Waals surface area contributed by atoms with Gasteiger partial charge in [0.1, 0.15) is 11.9 Å². The number of halogens is 2. The van der Waals surface area contributed by atoms with Gasteiger partial charge in [0.25, 0.3) is 0 Å². The lowest BCUT2D eigenvalue weighted by molar-refractivity contribution is 0.121. The molecule has 19 heavy (non-hydrogen) atoms. The van der Waals surface area contributed by atoms with E-state index in [2.05, 4.69) is 5.32 Å². The average Bonchev–Trinajstić information content (AvgIpc) is 3.07. The summed E-state index contributed by atoms with van der Waals surface area (Å²) in [5, 5.41) is 4.74. The van der Waals surface area contributed by atoms with Crippen LogP contribution in [0.2, 0.25) is 10.0 Å². The molecule has 2 fully saturated rings. The lowest BCUT2D eigenvalue weighted by Crippen LogP contribution is -2.31. The van der Waals surface area contributed by atoms with Gasteiger partial charge in [0.15, 0.2) is 0 Å². The van der Waals surface area contributed by atoms with Crippen LogP contribution < -0.4 is 10.1 Å². The van der Waals surface area contributed by atoms with Crippen molar-refractivity contribution in [1.82, 2.24) is 5.32 Å². The monoisotopic (exact) mass is 299 g/mol. The zero-order valence-corrected chi connectivity index (χ0v) is 12.6. The quantitative estimate of drug-likeness (QED) is 0.905. The maximum Gasteiger partial charge on any atom is 0.138 e. The Kier molecular flexibility index (Phi) is 3.93. The summed E-state index contributed by atoms with van der Waals surface area (Å²) in [6.07, 6.45) is 4.07. The normalized spacial score (nSPS) is 24.5. The molecule has 104 valence electrons. The molecule has 1 N–H and O–H groups in total. The van der Waals surface area contributed by atoms with Crippen LogP contribution in [0.3, 0.4) is 0 Å². The maximum atomic E-state index is 6.26. The fraction of sp³-hybridized carbons (Fsp3) is 0.600. The minimum Gasteiger partial charge on any atom is -0.488 e. The van der Waals surface area contributed by atoms with Crippen LogP contribution in [-0.4, -0.2) is 19.2 Å². The van der Waals surface area contributed by atoms with Crippen molar-refractivity contribution in [3.63, 3.8) is 0 Å². The largest absolute Gasteiger partial charge is 0.488 e. The van der Waals surface area contributed by atoms with Crippen molar-refractivity contribution in [2.24, 2.45) is 11.8 Å². The number of nitrogens with one attached hydrogen (secondary N) is 1. The molecule has 3 rings (SSSR count). The van der Waals surface area contributed by atoms with Crippen LogP contribution in [0.1, 0.15) is 24.8 Å². The lowest BCUT2D eigenvalue weighted by atomic mass is 9.97. The van der Waals surface area contributed by atoms with Crippen LogP contribution >= 0.6 is 23.2 Å². The zero-order chi connectivity index (χ0) is 13.4. The molecular weight excluding hydrogens is 281 g/mol. The van der Waals surface area contributed by atoms with Gasteiger partial charge in [-0.3, -0.25) is 0 Å². The molecule has 2 nitrogen and oxygen atoms in total. The van der Waals surface area contributed by atoms with Crippen molar-refractivity contribution in [3.8, 4) is 5.75 Å². The minimum absolute atomic E-state index is 0.299. The fourth-order valence-corrected chi connectivity index (χ4v) is 3.25. The second kappa shape index (κ2) is 5.51. The van der Waals surface area contributed by atoms with Gasteiger partial charge in [-0.15, -0.1) is 0 Å². The molecule has 1 aliphatic heterocycles. The van der Waals surface area contributed by atoms with Crippen molar-refractivity contribution in [2.75, 3.05) is 13.1 Å². The second-order valence-electron chi connectivity index (χ2n) is 5.70. The number of aryl methyl sites for hydroxylation is 1. The van der Waals surface area contributed by atoms with Gasteiger partial charge in [-0.1, -0.05) is 23.2 Å². The molecule has 0 amide bonds. The van der Waals surface area contributed by atoms with E-state index in [1.807, 2.05) is 13.0 Å². The molecule has 0 spiro atoms. The Hall–Kier alpha value is -0.440. The molecule has 1 saturated heterocycles. The van der Waals surface area contributed by atoms with Gasteiger partial charge in [-0.25, -0.2) is 0 Å². The minimum atomic E-state index is 0.299. The maximum absolute atomic E-state index is 6.26. The first-order chi connectivity index (χ1) is 9.15. The third-order valence-electron chi connectivity index (χ3n) is 4.13. The van der Waals surface area contributed by atoms with Crippen LogP contribution in [0.5, 0.6) is 5.75 Å². The summed E-state index contributed by atoms with van der Waals surface area (Å²) in [7, 11) is 0. The summed E-state index contributed by atoms with van der Waals surface area (Å²) >= 11 is 12.3. The van der Waals surface area contributed by atoms with Crippen LogP contribution in [0.15, 0.2) is 12.1 Å². The highest BCUT2D eigenvalue weighted by Crippen LogP contribution is 2.41. The van der Waals surface area contributed by atoms with E-state index >= 15 is 0 Å². The topological polar surface area (TPSA) is 21.3 Å². The Bertz CT molecular complexity index is 467. The van der Waals surface area contributed by atoms with E-state index in [9.17, 15) is 0 Å². The number of hydrogen-bond acceptors (Lipinski definition) is 2. The zero-order valence-electron chi connectivity index (χ0n) is 11.1. The molecule has 2 aliphatic rings. The van der Waals surface area contributed by atoms with Gasteiger partial charge in [0, 0.05) is 17.5 Å². The molecule has 1 heterocycles. The highest BCUT2D eigenvalue weighted by molar-refractivity contribution is 6.36. The lowest BCUT2D eigenvalue weighted by Gasteiger charge is -2.25. The summed E-state index contributed by atoms with van der Waals surface area (Å²) in [5.41, 5.74) is 1.01. The number of rotatable bonds is 4. The van der Waals surface area contributed by atoms with Gasteiger partial charge >= 0.3 is 0 Å². The molecule has 0 aromatic heterocycles. The first-order valence-corrected chi connectivity index (χ1v) is 7.74. The molecule has 4 heteroatoms. The Morgan fingerprint density at radius 2 is 1.95 bits per heavy atom. The number of ether oxygens (including phenoxy) is 1. The predicted molar refractivity (Wildman–Crippen MR) is 79.3 cm³/mol. The summed E-state index contributed by atoms with van der Waals surface area (Å²) in [5.74, 6) is 2.10. The van der Waals surface area contributed by atoms with Crippen LogP contribution in [0.4, 0.5) is 0 Å². The first kappa shape index (κ1) is 13.5. The van der Waals surface area contributed by atoms with Crippen LogP contribution in [-0.2, 0) is 0 Å². The van der Waals surface area contributed by atoms with Crippen molar-refractivity contribution in [2.45, 2.75) is 32.3 Å². The van der Waals surface area contributed by atoms with Crippen molar-refractivity contribution < 1.29 is 4.74 Å². The Balaban J connectivity index is 1.79. The van der Waals surface area contributed by atoms with E-state index in [0.29, 0.717) is 28.0 Å². The third kappa shape index (κ3) is 3.01. The molecular formula is C15H19Cl2NO. The van der Waals surface area contributed by atoms with Crippen LogP contribution in [0, 0.1) is 18.8 Å². The van der Waals surface area contributed by atoms with E-state index in [-0.39, 0.29) is 0 Å². The van der Waals surface area contributed by atoms with Crippen molar-refractivity contribution >= 4 is 23.2 Å². The summed E-state index contributed by atoms with van der Waals surface area (Å²) < 4.78 is 6.26. The standard InChI is InChI=1S/C15H19Cl2NO/c1-9-6-14(13(17)7-12(9)16)19-15(10-2-3-10)11-4-5-18-8-11/h6-7,10-11,15,18H,2-5,8H2,1H3/t11-,15-/m0/s1. The average molecular weight is 300 g/mol. The molecule has 1 aromatic rings. The summed E-state index contributed by atoms with van der Waals surface area (Å²) in [6, 6.07) is 3.74. The second-order valence-corrected chi connectivity index (χ2v) is 6.52. The van der Waals surface area contributed by atoms with Gasteiger partial charge in [-0.05, 0) is 56.3 Å². The molecule has 0 unspecified atom stereocenters. The molecule has 0 radical (unpaired) electrons. The smallest absolute Gasteiger partial charge is 0.138 e. The summed E-state index contributed by atoms with van der Waals surface area (Å²) in [4.78, 5) is 0. The van der Waals surface area contributed by atoms with E-state index < -0.39 is 0 Å². The van der Waals surface area contributed by atoms with Gasteiger partial charge < -0.3 is 10.1 Å². The third-order valence-corrected chi connectivity index (χ3v) is 4.83. The van der Waals surface area contributed by atoms with Gasteiger partial charge in [0.05, 0.1) is 5.02 Å². The molecule has 2 atom stereocenters. The SMILES string of the molecule is Cc1cc(O[C@@H](C2CC2)[C@H]2CCNC2)c(Cl)cc1Cl. The summed E-state index contributed by atoms with van der Waals surface area (Å²) in [6.45, 7) is 4.14. The Labute approximate surface area is 124 Å². The molecule has 1 saturated carbocycles. The fourth-order valence-electron chi connectivity index (χ4n) is 2.83. The molecule has 0 bridgehead atoms. The van der Waals surface area contributed by atoms with Crippen LogP contribution in [0.25, 0.3) is 0 Å². The highest BCUT2D eigenvalue weighted by atomic mass is 35.5. The first-order valence-electron chi connectivity index (χ1n) is 6.98.